The lowest BCUT2D eigenvalue weighted by atomic mass is 10.1. The van der Waals surface area contributed by atoms with E-state index < -0.39 is 0 Å². The molecule has 24 heavy (non-hydrogen) atoms. The molecule has 0 aromatic heterocycles. The number of hydrogen-bond acceptors (Lipinski definition) is 2. The Balaban J connectivity index is 2.04. The Bertz CT molecular complexity index is 925. The molecule has 2 heteroatoms. The lowest BCUT2D eigenvalue weighted by Gasteiger charge is -2.27. The van der Waals surface area contributed by atoms with Crippen LogP contribution in [0, 0.1) is 0 Å². The average molecular weight is 311 g/mol. The largest absolute Gasteiger partial charge is 0.506 e. The lowest BCUT2D eigenvalue weighted by Crippen LogP contribution is -2.10. The number of anilines is 3. The maximum atomic E-state index is 10.7. The van der Waals surface area contributed by atoms with Gasteiger partial charge in [0.05, 0.1) is 5.69 Å². The molecule has 0 bridgehead atoms. The van der Waals surface area contributed by atoms with E-state index in [1.54, 1.807) is 6.07 Å². The Labute approximate surface area is 141 Å². The molecule has 1 N–H and O–H groups in total. The highest BCUT2D eigenvalue weighted by molar-refractivity contribution is 6.01. The lowest BCUT2D eigenvalue weighted by molar-refractivity contribution is 0.477. The Kier molecular flexibility index (Phi) is 3.64. The van der Waals surface area contributed by atoms with E-state index >= 15 is 0 Å². The highest BCUT2D eigenvalue weighted by Gasteiger charge is 2.18. The van der Waals surface area contributed by atoms with Crippen molar-refractivity contribution in [2.45, 2.75) is 0 Å². The monoisotopic (exact) mass is 311 g/mol. The van der Waals surface area contributed by atoms with Crippen LogP contribution in [-0.4, -0.2) is 5.11 Å². The zero-order chi connectivity index (χ0) is 16.4. The Morgan fingerprint density at radius 1 is 0.542 bits per heavy atom. The van der Waals surface area contributed by atoms with Gasteiger partial charge in [-0.2, -0.15) is 0 Å². The van der Waals surface area contributed by atoms with Crippen molar-refractivity contribution in [3.8, 4) is 5.75 Å². The molecule has 0 radical (unpaired) electrons. The first-order chi connectivity index (χ1) is 11.8. The highest BCUT2D eigenvalue weighted by atomic mass is 16.3. The minimum absolute atomic E-state index is 0.265. The first kappa shape index (κ1) is 14.3. The standard InChI is InChI=1S/C22H17NO/c24-21-16-15-17-9-7-8-14-20(17)22(21)23(18-10-3-1-4-11-18)19-12-5-2-6-13-19/h1-16,24H. The van der Waals surface area contributed by atoms with E-state index in [2.05, 4.69) is 11.0 Å². The van der Waals surface area contributed by atoms with E-state index in [1.807, 2.05) is 84.9 Å². The van der Waals surface area contributed by atoms with Crippen LogP contribution in [0.15, 0.2) is 97.1 Å². The van der Waals surface area contributed by atoms with Gasteiger partial charge in [-0.05, 0) is 35.7 Å². The van der Waals surface area contributed by atoms with Crippen molar-refractivity contribution in [1.82, 2.24) is 0 Å². The summed E-state index contributed by atoms with van der Waals surface area (Å²) in [6, 6.07) is 32.0. The predicted molar refractivity (Wildman–Crippen MR) is 100 cm³/mol. The molecular weight excluding hydrogens is 294 g/mol. The van der Waals surface area contributed by atoms with Crippen LogP contribution in [0.2, 0.25) is 0 Å². The molecule has 0 amide bonds. The van der Waals surface area contributed by atoms with Crippen molar-refractivity contribution < 1.29 is 5.11 Å². The summed E-state index contributed by atoms with van der Waals surface area (Å²) >= 11 is 0. The second-order valence-electron chi connectivity index (χ2n) is 5.66. The third-order valence-electron chi connectivity index (χ3n) is 4.13. The van der Waals surface area contributed by atoms with Gasteiger partial charge in [0.1, 0.15) is 5.75 Å². The number of phenols is 1. The molecule has 4 rings (SSSR count). The minimum Gasteiger partial charge on any atom is -0.506 e. The molecule has 0 heterocycles. The molecule has 2 nitrogen and oxygen atoms in total. The Morgan fingerprint density at radius 3 is 1.71 bits per heavy atom. The fourth-order valence-corrected chi connectivity index (χ4v) is 3.04. The van der Waals surface area contributed by atoms with E-state index in [4.69, 9.17) is 0 Å². The van der Waals surface area contributed by atoms with Gasteiger partial charge < -0.3 is 10.0 Å². The highest BCUT2D eigenvalue weighted by Crippen LogP contribution is 2.43. The number of para-hydroxylation sites is 2. The first-order valence-corrected chi connectivity index (χ1v) is 7.95. The summed E-state index contributed by atoms with van der Waals surface area (Å²) < 4.78 is 0. The average Bonchev–Trinajstić information content (AvgIpc) is 2.66. The number of rotatable bonds is 3. The molecule has 0 atom stereocenters. The van der Waals surface area contributed by atoms with Crippen molar-refractivity contribution in [3.05, 3.63) is 97.1 Å². The summed E-state index contributed by atoms with van der Waals surface area (Å²) in [5, 5.41) is 12.8. The molecule has 0 saturated carbocycles. The Morgan fingerprint density at radius 2 is 1.08 bits per heavy atom. The maximum absolute atomic E-state index is 10.7. The molecular formula is C22H17NO. The summed E-state index contributed by atoms with van der Waals surface area (Å²) in [5.74, 6) is 0.265. The van der Waals surface area contributed by atoms with Crippen LogP contribution in [0.1, 0.15) is 0 Å². The van der Waals surface area contributed by atoms with E-state index in [9.17, 15) is 5.11 Å². The number of fused-ring (bicyclic) bond motifs is 1. The summed E-state index contributed by atoms with van der Waals surface area (Å²) in [6.45, 7) is 0. The van der Waals surface area contributed by atoms with Gasteiger partial charge in [0.2, 0.25) is 0 Å². The van der Waals surface area contributed by atoms with Crippen molar-refractivity contribution in [1.29, 1.82) is 0 Å². The van der Waals surface area contributed by atoms with Crippen LogP contribution in [0.5, 0.6) is 5.75 Å². The molecule has 0 aliphatic heterocycles. The molecule has 0 aliphatic carbocycles. The molecule has 0 unspecified atom stereocenters. The molecule has 0 saturated heterocycles. The molecule has 0 spiro atoms. The van der Waals surface area contributed by atoms with Crippen LogP contribution >= 0.6 is 0 Å². The first-order valence-electron chi connectivity index (χ1n) is 7.95. The molecule has 4 aromatic carbocycles. The van der Waals surface area contributed by atoms with E-state index in [0.29, 0.717) is 0 Å². The van der Waals surface area contributed by atoms with Gasteiger partial charge >= 0.3 is 0 Å². The predicted octanol–water partition coefficient (Wildman–Crippen LogP) is 6.02. The SMILES string of the molecule is Oc1ccc2ccccc2c1N(c1ccccc1)c1ccccc1. The van der Waals surface area contributed by atoms with Crippen molar-refractivity contribution in [3.63, 3.8) is 0 Å². The smallest absolute Gasteiger partial charge is 0.140 e. The molecule has 0 fully saturated rings. The van der Waals surface area contributed by atoms with Crippen LogP contribution < -0.4 is 4.90 Å². The fraction of sp³-hybridized carbons (Fsp3) is 0. The maximum Gasteiger partial charge on any atom is 0.140 e. The number of phenolic OH excluding ortho intramolecular Hbond substituents is 1. The van der Waals surface area contributed by atoms with Crippen LogP contribution in [-0.2, 0) is 0 Å². The summed E-state index contributed by atoms with van der Waals surface area (Å²) in [6.07, 6.45) is 0. The van der Waals surface area contributed by atoms with Crippen LogP contribution in [0.3, 0.4) is 0 Å². The number of benzene rings is 4. The molecule has 116 valence electrons. The quantitative estimate of drug-likeness (QED) is 0.500. The van der Waals surface area contributed by atoms with Gasteiger partial charge in [0.25, 0.3) is 0 Å². The van der Waals surface area contributed by atoms with Crippen LogP contribution in [0.4, 0.5) is 17.1 Å². The van der Waals surface area contributed by atoms with Gasteiger partial charge in [0.15, 0.2) is 0 Å². The van der Waals surface area contributed by atoms with E-state index in [-0.39, 0.29) is 5.75 Å². The van der Waals surface area contributed by atoms with Gasteiger partial charge in [-0.15, -0.1) is 0 Å². The van der Waals surface area contributed by atoms with E-state index in [1.165, 1.54) is 0 Å². The summed E-state index contributed by atoms with van der Waals surface area (Å²) in [5.41, 5.74) is 2.82. The number of aromatic hydroxyl groups is 1. The topological polar surface area (TPSA) is 23.5 Å². The zero-order valence-corrected chi connectivity index (χ0v) is 13.1. The summed E-state index contributed by atoms with van der Waals surface area (Å²) in [7, 11) is 0. The zero-order valence-electron chi connectivity index (χ0n) is 13.1. The molecule has 0 aliphatic rings. The van der Waals surface area contributed by atoms with Gasteiger partial charge in [0, 0.05) is 16.8 Å². The van der Waals surface area contributed by atoms with Gasteiger partial charge in [-0.3, -0.25) is 0 Å². The summed E-state index contributed by atoms with van der Waals surface area (Å²) in [4.78, 5) is 2.09. The second-order valence-corrected chi connectivity index (χ2v) is 5.66. The number of nitrogens with zero attached hydrogens (tertiary/aromatic N) is 1. The van der Waals surface area contributed by atoms with Crippen molar-refractivity contribution in [2.24, 2.45) is 0 Å². The Hall–Kier alpha value is -3.26. The second kappa shape index (κ2) is 6.09. The third kappa shape index (κ3) is 2.48. The van der Waals surface area contributed by atoms with E-state index in [0.717, 1.165) is 27.8 Å². The van der Waals surface area contributed by atoms with Crippen molar-refractivity contribution >= 4 is 27.8 Å². The van der Waals surface area contributed by atoms with Gasteiger partial charge in [-0.25, -0.2) is 0 Å². The molecule has 4 aromatic rings. The fourth-order valence-electron chi connectivity index (χ4n) is 3.04. The third-order valence-corrected chi connectivity index (χ3v) is 4.13. The number of hydrogen-bond donors (Lipinski definition) is 1. The normalized spacial score (nSPS) is 10.7. The van der Waals surface area contributed by atoms with Crippen LogP contribution in [0.25, 0.3) is 10.8 Å². The van der Waals surface area contributed by atoms with Crippen molar-refractivity contribution in [2.75, 3.05) is 4.90 Å². The minimum atomic E-state index is 0.265. The van der Waals surface area contributed by atoms with Gasteiger partial charge in [-0.1, -0.05) is 66.7 Å².